The molecule has 0 aromatic carbocycles. The van der Waals surface area contributed by atoms with Crippen LogP contribution in [0.1, 0.15) is 20.8 Å². The lowest BCUT2D eigenvalue weighted by atomic mass is 10.2. The largest absolute Gasteiger partial charge is 0.457 e. The van der Waals surface area contributed by atoms with Gasteiger partial charge in [-0.25, -0.2) is 9.59 Å². The first kappa shape index (κ1) is 16.6. The van der Waals surface area contributed by atoms with Gasteiger partial charge in [0.05, 0.1) is 14.1 Å². The van der Waals surface area contributed by atoms with E-state index < -0.39 is 11.6 Å². The molecule has 0 fully saturated rings. The lowest BCUT2D eigenvalue weighted by molar-refractivity contribution is -0.883. The fourth-order valence-corrected chi connectivity index (χ4v) is 1.25. The lowest BCUT2D eigenvalue weighted by Gasteiger charge is -2.29. The Balaban J connectivity index is 4.10. The number of nitrogens with zero attached hydrogens (tertiary/aromatic N) is 1. The molecule has 0 spiro atoms. The van der Waals surface area contributed by atoms with Crippen LogP contribution in [0.3, 0.4) is 0 Å². The van der Waals surface area contributed by atoms with Gasteiger partial charge in [0.1, 0.15) is 18.8 Å². The second-order valence-corrected chi connectivity index (χ2v) is 5.78. The van der Waals surface area contributed by atoms with Crippen LogP contribution in [-0.2, 0) is 19.1 Å². The highest BCUT2D eigenvalue weighted by Gasteiger charge is 2.25. The molecule has 5 heteroatoms. The lowest BCUT2D eigenvalue weighted by Crippen LogP contribution is -2.47. The summed E-state index contributed by atoms with van der Waals surface area (Å²) in [5.41, 5.74) is -0.480. The van der Waals surface area contributed by atoms with E-state index in [1.807, 2.05) is 34.9 Å². The quantitative estimate of drug-likeness (QED) is 0.407. The van der Waals surface area contributed by atoms with Crippen LogP contribution in [0.25, 0.3) is 0 Å². The molecule has 0 unspecified atom stereocenters. The van der Waals surface area contributed by atoms with Crippen molar-refractivity contribution in [3.63, 3.8) is 0 Å². The van der Waals surface area contributed by atoms with Gasteiger partial charge < -0.3 is 14.0 Å². The smallest absolute Gasteiger partial charge is 0.362 e. The molecule has 0 aromatic rings. The molecule has 0 radical (unpaired) electrons. The van der Waals surface area contributed by atoms with Crippen molar-refractivity contribution in [3.8, 4) is 0 Å². The van der Waals surface area contributed by atoms with E-state index in [2.05, 4.69) is 6.58 Å². The topological polar surface area (TPSA) is 52.6 Å². The van der Waals surface area contributed by atoms with Crippen molar-refractivity contribution in [1.29, 1.82) is 0 Å². The van der Waals surface area contributed by atoms with Gasteiger partial charge in [0.15, 0.2) is 6.54 Å². The van der Waals surface area contributed by atoms with E-state index in [1.165, 1.54) is 0 Å². The van der Waals surface area contributed by atoms with E-state index in [1.54, 1.807) is 0 Å². The summed E-state index contributed by atoms with van der Waals surface area (Å²) in [5, 5.41) is 0. The predicted octanol–water partition coefficient (Wildman–Crippen LogP) is 1.13. The van der Waals surface area contributed by atoms with Crippen LogP contribution in [0.2, 0.25) is 0 Å². The van der Waals surface area contributed by atoms with E-state index in [0.717, 1.165) is 6.08 Å². The van der Waals surface area contributed by atoms with Gasteiger partial charge in [-0.2, -0.15) is 0 Å². The first-order valence-electron chi connectivity index (χ1n) is 5.89. The zero-order chi connectivity index (χ0) is 14.4. The molecule has 0 N–H and O–H groups in total. The molecule has 18 heavy (non-hydrogen) atoms. The summed E-state index contributed by atoms with van der Waals surface area (Å²) in [6.07, 6.45) is 1.12. The molecule has 0 saturated heterocycles. The Hall–Kier alpha value is -1.36. The van der Waals surface area contributed by atoms with Crippen LogP contribution >= 0.6 is 0 Å². The summed E-state index contributed by atoms with van der Waals surface area (Å²) < 4.78 is 10.5. The van der Waals surface area contributed by atoms with E-state index >= 15 is 0 Å². The highest BCUT2D eigenvalue weighted by atomic mass is 16.6. The molecule has 0 amide bonds. The van der Waals surface area contributed by atoms with Crippen LogP contribution in [0.4, 0.5) is 0 Å². The molecule has 0 aliphatic carbocycles. The van der Waals surface area contributed by atoms with E-state index in [-0.39, 0.29) is 19.1 Å². The minimum absolute atomic E-state index is 0.239. The van der Waals surface area contributed by atoms with Crippen LogP contribution in [0.5, 0.6) is 0 Å². The van der Waals surface area contributed by atoms with Crippen LogP contribution < -0.4 is 0 Å². The monoisotopic (exact) mass is 258 g/mol. The fourth-order valence-electron chi connectivity index (χ4n) is 1.25. The number of esters is 2. The van der Waals surface area contributed by atoms with Crippen molar-refractivity contribution < 1.29 is 23.5 Å². The third kappa shape index (κ3) is 8.75. The maximum atomic E-state index is 11.7. The normalized spacial score (nSPS) is 11.8. The number of quaternary nitrogens is 1. The molecule has 0 aromatic heterocycles. The zero-order valence-corrected chi connectivity index (χ0v) is 12.0. The van der Waals surface area contributed by atoms with Gasteiger partial charge in [-0.3, -0.25) is 0 Å². The Morgan fingerprint density at radius 2 is 1.83 bits per heavy atom. The third-order valence-corrected chi connectivity index (χ3v) is 2.08. The summed E-state index contributed by atoms with van der Waals surface area (Å²) in [6, 6.07) is 0. The number of hydrogen-bond acceptors (Lipinski definition) is 4. The molecular formula is C13H24NO4+. The van der Waals surface area contributed by atoms with Gasteiger partial charge in [0, 0.05) is 6.08 Å². The molecule has 104 valence electrons. The van der Waals surface area contributed by atoms with Gasteiger partial charge >= 0.3 is 11.9 Å². The average molecular weight is 258 g/mol. The van der Waals surface area contributed by atoms with Crippen molar-refractivity contribution in [2.75, 3.05) is 33.8 Å². The molecule has 0 bridgehead atoms. The Morgan fingerprint density at radius 3 is 2.28 bits per heavy atom. The predicted molar refractivity (Wildman–Crippen MR) is 68.8 cm³/mol. The fraction of sp³-hybridized carbons (Fsp3) is 0.692. The van der Waals surface area contributed by atoms with Crippen molar-refractivity contribution >= 4 is 11.9 Å². The van der Waals surface area contributed by atoms with Gasteiger partial charge in [0.25, 0.3) is 0 Å². The highest BCUT2D eigenvalue weighted by Crippen LogP contribution is 2.08. The zero-order valence-electron chi connectivity index (χ0n) is 12.0. The van der Waals surface area contributed by atoms with E-state index in [9.17, 15) is 9.59 Å². The molecule has 0 rings (SSSR count). The first-order chi connectivity index (χ1) is 8.06. The summed E-state index contributed by atoms with van der Waals surface area (Å²) in [4.78, 5) is 22.5. The Labute approximate surface area is 109 Å². The van der Waals surface area contributed by atoms with Crippen molar-refractivity contribution in [1.82, 2.24) is 0 Å². The number of carbonyl (C=O) groups is 2. The number of carbonyl (C=O) groups excluding carboxylic acids is 2. The summed E-state index contributed by atoms with van der Waals surface area (Å²) in [6.45, 7) is 9.83. The van der Waals surface area contributed by atoms with Crippen molar-refractivity contribution in [2.45, 2.75) is 26.4 Å². The maximum Gasteiger partial charge on any atom is 0.362 e. The molecular weight excluding hydrogens is 234 g/mol. The van der Waals surface area contributed by atoms with Crippen LogP contribution in [0, 0.1) is 0 Å². The third-order valence-electron chi connectivity index (χ3n) is 2.08. The second kappa shape index (κ2) is 6.54. The molecule has 0 aliphatic rings. The highest BCUT2D eigenvalue weighted by molar-refractivity contribution is 5.81. The van der Waals surface area contributed by atoms with Gasteiger partial charge in [-0.15, -0.1) is 0 Å². The Morgan fingerprint density at radius 1 is 1.28 bits per heavy atom. The Kier molecular flexibility index (Phi) is 6.05. The van der Waals surface area contributed by atoms with Gasteiger partial charge in [0.2, 0.25) is 0 Å². The SMILES string of the molecule is C=CC(=O)OCC[N+](C)(C)CC(=O)OC(C)(C)C. The summed E-state index contributed by atoms with van der Waals surface area (Å²) in [7, 11) is 3.76. The van der Waals surface area contributed by atoms with Crippen molar-refractivity contribution in [3.05, 3.63) is 12.7 Å². The molecule has 5 nitrogen and oxygen atoms in total. The standard InChI is InChI=1S/C13H24NO4/c1-7-11(15)17-9-8-14(5,6)10-12(16)18-13(2,3)4/h7H,1,8-10H2,2-6H3/q+1. The van der Waals surface area contributed by atoms with Crippen molar-refractivity contribution in [2.24, 2.45) is 0 Å². The van der Waals surface area contributed by atoms with Gasteiger partial charge in [-0.1, -0.05) is 6.58 Å². The maximum absolute atomic E-state index is 11.7. The number of hydrogen-bond donors (Lipinski definition) is 0. The van der Waals surface area contributed by atoms with Crippen LogP contribution in [0.15, 0.2) is 12.7 Å². The van der Waals surface area contributed by atoms with E-state index in [4.69, 9.17) is 9.47 Å². The first-order valence-corrected chi connectivity index (χ1v) is 5.89. The minimum atomic E-state index is -0.480. The van der Waals surface area contributed by atoms with E-state index in [0.29, 0.717) is 11.0 Å². The molecule has 0 heterocycles. The molecule has 0 saturated carbocycles. The van der Waals surface area contributed by atoms with Crippen LogP contribution in [-0.4, -0.2) is 55.8 Å². The Bertz CT molecular complexity index is 315. The minimum Gasteiger partial charge on any atom is -0.457 e. The number of likely N-dealkylation sites (N-methyl/N-ethyl adjacent to an activating group) is 1. The molecule has 0 atom stereocenters. The average Bonchev–Trinajstić information content (AvgIpc) is 2.12. The summed E-state index contributed by atoms with van der Waals surface area (Å²) >= 11 is 0. The summed E-state index contributed by atoms with van der Waals surface area (Å²) in [5.74, 6) is -0.713. The molecule has 0 aliphatic heterocycles. The van der Waals surface area contributed by atoms with Gasteiger partial charge in [-0.05, 0) is 20.8 Å². The number of ether oxygens (including phenoxy) is 2. The number of rotatable bonds is 6. The second-order valence-electron chi connectivity index (χ2n) is 5.78.